The van der Waals surface area contributed by atoms with Crippen LogP contribution in [0.2, 0.25) is 0 Å². The molecule has 0 spiro atoms. The van der Waals surface area contributed by atoms with Crippen molar-refractivity contribution in [2.24, 2.45) is 5.41 Å². The number of anilines is 1. The smallest absolute Gasteiger partial charge is 0.140 e. The molecule has 90 valence electrons. The Morgan fingerprint density at radius 1 is 1.35 bits per heavy atom. The number of pyridine rings is 1. The maximum absolute atomic E-state index is 8.67. The Morgan fingerprint density at radius 2 is 2.06 bits per heavy atom. The first-order chi connectivity index (χ1) is 8.09. The van der Waals surface area contributed by atoms with Crippen molar-refractivity contribution in [3.8, 4) is 6.07 Å². The van der Waals surface area contributed by atoms with Crippen LogP contribution < -0.4 is 5.32 Å². The molecule has 2 rings (SSSR count). The molecule has 1 aliphatic rings. The van der Waals surface area contributed by atoms with E-state index in [2.05, 4.69) is 24.1 Å². The minimum Gasteiger partial charge on any atom is -0.381 e. The molecule has 0 atom stereocenters. The first kappa shape index (κ1) is 11.9. The summed E-state index contributed by atoms with van der Waals surface area (Å²) in [6.45, 7) is 4.68. The second kappa shape index (κ2) is 4.75. The zero-order chi connectivity index (χ0) is 12.3. The quantitative estimate of drug-likeness (QED) is 0.846. The molecule has 0 radical (unpaired) electrons. The molecule has 1 saturated carbocycles. The average molecular weight is 229 g/mol. The Hall–Kier alpha value is -1.56. The van der Waals surface area contributed by atoms with Crippen molar-refractivity contribution in [2.45, 2.75) is 45.6 Å². The minimum atomic E-state index is 0.473. The van der Waals surface area contributed by atoms with Crippen molar-refractivity contribution in [3.05, 3.63) is 24.0 Å². The lowest BCUT2D eigenvalue weighted by molar-refractivity contribution is 0.232. The van der Waals surface area contributed by atoms with E-state index < -0.39 is 0 Å². The second-order valence-electron chi connectivity index (χ2n) is 5.63. The van der Waals surface area contributed by atoms with Crippen molar-refractivity contribution in [1.29, 1.82) is 5.26 Å². The van der Waals surface area contributed by atoms with Crippen LogP contribution in [0.4, 0.5) is 5.69 Å². The fourth-order valence-corrected chi connectivity index (χ4v) is 2.32. The maximum atomic E-state index is 8.67. The SMILES string of the molecule is CC1(C)CCC(Nc2ccc(C#N)nc2)CC1. The number of nitrogens with one attached hydrogen (secondary N) is 1. The molecule has 0 aliphatic heterocycles. The molecule has 1 aromatic heterocycles. The van der Waals surface area contributed by atoms with E-state index in [1.807, 2.05) is 12.1 Å². The molecule has 1 heterocycles. The molecule has 0 bridgehead atoms. The molecule has 0 saturated heterocycles. The molecular formula is C14H19N3. The standard InChI is InChI=1S/C14H19N3/c1-14(2)7-5-11(6-8-14)17-13-4-3-12(9-15)16-10-13/h3-4,10-11,17H,5-8H2,1-2H3. The fraction of sp³-hybridized carbons (Fsp3) is 0.571. The maximum Gasteiger partial charge on any atom is 0.140 e. The zero-order valence-electron chi connectivity index (χ0n) is 10.5. The van der Waals surface area contributed by atoms with Gasteiger partial charge in [0.15, 0.2) is 0 Å². The molecule has 17 heavy (non-hydrogen) atoms. The predicted molar refractivity (Wildman–Crippen MR) is 68.6 cm³/mol. The Morgan fingerprint density at radius 3 is 2.59 bits per heavy atom. The van der Waals surface area contributed by atoms with Crippen molar-refractivity contribution >= 4 is 5.69 Å². The highest BCUT2D eigenvalue weighted by Crippen LogP contribution is 2.35. The van der Waals surface area contributed by atoms with Gasteiger partial charge in [-0.1, -0.05) is 13.8 Å². The van der Waals surface area contributed by atoms with E-state index in [1.165, 1.54) is 25.7 Å². The van der Waals surface area contributed by atoms with E-state index in [-0.39, 0.29) is 0 Å². The van der Waals surface area contributed by atoms with Crippen LogP contribution in [0.25, 0.3) is 0 Å². The molecular weight excluding hydrogens is 210 g/mol. The van der Waals surface area contributed by atoms with Gasteiger partial charge in [0.25, 0.3) is 0 Å². The molecule has 3 heteroatoms. The van der Waals surface area contributed by atoms with E-state index >= 15 is 0 Å². The Labute approximate surface area is 103 Å². The van der Waals surface area contributed by atoms with E-state index in [0.717, 1.165) is 5.69 Å². The van der Waals surface area contributed by atoms with Crippen LogP contribution >= 0.6 is 0 Å². The van der Waals surface area contributed by atoms with Gasteiger partial charge in [0.2, 0.25) is 0 Å². The summed E-state index contributed by atoms with van der Waals surface area (Å²) in [7, 11) is 0. The monoisotopic (exact) mass is 229 g/mol. The zero-order valence-corrected chi connectivity index (χ0v) is 10.5. The largest absolute Gasteiger partial charge is 0.381 e. The normalized spacial score (nSPS) is 19.6. The molecule has 0 aromatic carbocycles. The van der Waals surface area contributed by atoms with Crippen LogP contribution in [0.1, 0.15) is 45.2 Å². The third kappa shape index (κ3) is 3.20. The van der Waals surface area contributed by atoms with E-state index in [0.29, 0.717) is 17.2 Å². The number of aromatic nitrogens is 1. The van der Waals surface area contributed by atoms with Gasteiger partial charge in [-0.05, 0) is 43.2 Å². The number of nitriles is 1. The Bertz CT molecular complexity index is 404. The highest BCUT2D eigenvalue weighted by atomic mass is 14.9. The number of hydrogen-bond acceptors (Lipinski definition) is 3. The predicted octanol–water partition coefficient (Wildman–Crippen LogP) is 3.33. The van der Waals surface area contributed by atoms with Gasteiger partial charge < -0.3 is 5.32 Å². The molecule has 3 nitrogen and oxygen atoms in total. The summed E-state index contributed by atoms with van der Waals surface area (Å²) in [5.41, 5.74) is 2.00. The van der Waals surface area contributed by atoms with Crippen LogP contribution in [-0.4, -0.2) is 11.0 Å². The van der Waals surface area contributed by atoms with Crippen molar-refractivity contribution in [3.63, 3.8) is 0 Å². The van der Waals surface area contributed by atoms with Gasteiger partial charge in [-0.15, -0.1) is 0 Å². The third-order valence-electron chi connectivity index (χ3n) is 3.59. The fourth-order valence-electron chi connectivity index (χ4n) is 2.32. The van der Waals surface area contributed by atoms with Crippen LogP contribution in [0.5, 0.6) is 0 Å². The molecule has 1 aromatic rings. The van der Waals surface area contributed by atoms with Crippen molar-refractivity contribution in [1.82, 2.24) is 4.98 Å². The first-order valence-electron chi connectivity index (χ1n) is 6.22. The Kier molecular flexibility index (Phi) is 3.33. The summed E-state index contributed by atoms with van der Waals surface area (Å²) in [4.78, 5) is 4.07. The summed E-state index contributed by atoms with van der Waals surface area (Å²) >= 11 is 0. The highest BCUT2D eigenvalue weighted by molar-refractivity contribution is 5.43. The molecule has 1 aliphatic carbocycles. The topological polar surface area (TPSA) is 48.7 Å². The lowest BCUT2D eigenvalue weighted by Gasteiger charge is -2.35. The van der Waals surface area contributed by atoms with Crippen LogP contribution in [0.3, 0.4) is 0 Å². The van der Waals surface area contributed by atoms with Crippen LogP contribution in [0, 0.1) is 16.7 Å². The number of rotatable bonds is 2. The summed E-state index contributed by atoms with van der Waals surface area (Å²) in [6.07, 6.45) is 6.72. The summed E-state index contributed by atoms with van der Waals surface area (Å²) < 4.78 is 0. The summed E-state index contributed by atoms with van der Waals surface area (Å²) in [5, 5.41) is 12.2. The molecule has 1 fully saturated rings. The second-order valence-corrected chi connectivity index (χ2v) is 5.63. The van der Waals surface area contributed by atoms with Gasteiger partial charge in [0, 0.05) is 6.04 Å². The van der Waals surface area contributed by atoms with Gasteiger partial charge in [0.1, 0.15) is 11.8 Å². The molecule has 0 amide bonds. The minimum absolute atomic E-state index is 0.473. The summed E-state index contributed by atoms with van der Waals surface area (Å²) in [5.74, 6) is 0. The first-order valence-corrected chi connectivity index (χ1v) is 6.22. The summed E-state index contributed by atoms with van der Waals surface area (Å²) in [6, 6.07) is 6.28. The third-order valence-corrected chi connectivity index (χ3v) is 3.59. The van der Waals surface area contributed by atoms with Crippen molar-refractivity contribution < 1.29 is 0 Å². The van der Waals surface area contributed by atoms with Crippen LogP contribution in [0.15, 0.2) is 18.3 Å². The van der Waals surface area contributed by atoms with Gasteiger partial charge in [0.05, 0.1) is 11.9 Å². The lowest BCUT2D eigenvalue weighted by atomic mass is 9.75. The number of nitrogens with zero attached hydrogens (tertiary/aromatic N) is 2. The van der Waals surface area contributed by atoms with Gasteiger partial charge in [-0.25, -0.2) is 4.98 Å². The van der Waals surface area contributed by atoms with Gasteiger partial charge >= 0.3 is 0 Å². The van der Waals surface area contributed by atoms with Crippen molar-refractivity contribution in [2.75, 3.05) is 5.32 Å². The molecule has 1 N–H and O–H groups in total. The van der Waals surface area contributed by atoms with Crippen LogP contribution in [-0.2, 0) is 0 Å². The number of hydrogen-bond donors (Lipinski definition) is 1. The van der Waals surface area contributed by atoms with E-state index in [1.54, 1.807) is 12.3 Å². The average Bonchev–Trinajstić information content (AvgIpc) is 2.33. The van der Waals surface area contributed by atoms with Gasteiger partial charge in [-0.2, -0.15) is 5.26 Å². The lowest BCUT2D eigenvalue weighted by Crippen LogP contribution is -2.29. The highest BCUT2D eigenvalue weighted by Gasteiger charge is 2.26. The molecule has 0 unspecified atom stereocenters. The Balaban J connectivity index is 1.91. The van der Waals surface area contributed by atoms with Gasteiger partial charge in [-0.3, -0.25) is 0 Å². The van der Waals surface area contributed by atoms with E-state index in [9.17, 15) is 0 Å². The van der Waals surface area contributed by atoms with E-state index in [4.69, 9.17) is 5.26 Å².